The summed E-state index contributed by atoms with van der Waals surface area (Å²) in [5.41, 5.74) is 8.20. The van der Waals surface area contributed by atoms with E-state index in [9.17, 15) is 4.79 Å². The number of nitrogen functional groups attached to an aromatic ring is 1. The summed E-state index contributed by atoms with van der Waals surface area (Å²) in [5.74, 6) is -0.0835. The molecule has 2 aromatic carbocycles. The number of pyridine rings is 1. The molecule has 1 atom stereocenters. The zero-order chi connectivity index (χ0) is 16.8. The Bertz CT molecular complexity index is 809. The van der Waals surface area contributed by atoms with Gasteiger partial charge in [0.05, 0.1) is 0 Å². The Labute approximate surface area is 145 Å². The number of anilines is 2. The maximum atomic E-state index is 12.8. The van der Waals surface area contributed by atoms with Crippen molar-refractivity contribution in [1.29, 1.82) is 0 Å². The Kier molecular flexibility index (Phi) is 5.13. The Balaban J connectivity index is 1.86. The standard InChI is InChI=1S/C19H17N3OS/c20-15-7-4-8-17(13-15)24-18(14-5-2-1-3-6-14)19(23)22-16-9-11-21-12-10-16/h1-13,18H,20H2,(H,21,22,23). The third kappa shape index (κ3) is 4.14. The van der Waals surface area contributed by atoms with Gasteiger partial charge < -0.3 is 11.1 Å². The third-order valence-electron chi connectivity index (χ3n) is 3.40. The summed E-state index contributed by atoms with van der Waals surface area (Å²) in [6, 6.07) is 20.8. The summed E-state index contributed by atoms with van der Waals surface area (Å²) < 4.78 is 0. The number of carbonyl (C=O) groups is 1. The second-order valence-electron chi connectivity index (χ2n) is 5.21. The molecule has 0 radical (unpaired) electrons. The predicted molar refractivity (Wildman–Crippen MR) is 98.8 cm³/mol. The topological polar surface area (TPSA) is 68.0 Å². The van der Waals surface area contributed by atoms with Gasteiger partial charge in [0.25, 0.3) is 0 Å². The first-order valence-electron chi connectivity index (χ1n) is 7.50. The summed E-state index contributed by atoms with van der Waals surface area (Å²) in [6.45, 7) is 0. The van der Waals surface area contributed by atoms with Crippen LogP contribution in [0.25, 0.3) is 0 Å². The van der Waals surface area contributed by atoms with Crippen molar-refractivity contribution in [3.63, 3.8) is 0 Å². The molecule has 4 nitrogen and oxygen atoms in total. The van der Waals surface area contributed by atoms with Crippen LogP contribution in [0.3, 0.4) is 0 Å². The summed E-state index contributed by atoms with van der Waals surface area (Å²) in [6.07, 6.45) is 3.30. The van der Waals surface area contributed by atoms with Crippen LogP contribution in [0, 0.1) is 0 Å². The lowest BCUT2D eigenvalue weighted by Crippen LogP contribution is -2.19. The summed E-state index contributed by atoms with van der Waals surface area (Å²) in [4.78, 5) is 17.7. The highest BCUT2D eigenvalue weighted by Crippen LogP contribution is 2.36. The van der Waals surface area contributed by atoms with E-state index in [1.165, 1.54) is 11.8 Å². The Morgan fingerprint density at radius 1 is 1.00 bits per heavy atom. The van der Waals surface area contributed by atoms with Crippen LogP contribution >= 0.6 is 11.8 Å². The van der Waals surface area contributed by atoms with Gasteiger partial charge in [-0.1, -0.05) is 36.4 Å². The molecule has 5 heteroatoms. The van der Waals surface area contributed by atoms with Crippen molar-refractivity contribution in [2.24, 2.45) is 0 Å². The van der Waals surface area contributed by atoms with Crippen molar-refractivity contribution in [2.45, 2.75) is 10.1 Å². The Morgan fingerprint density at radius 2 is 1.75 bits per heavy atom. The van der Waals surface area contributed by atoms with E-state index >= 15 is 0 Å². The van der Waals surface area contributed by atoms with E-state index in [1.807, 2.05) is 54.6 Å². The second kappa shape index (κ2) is 7.66. The summed E-state index contributed by atoms with van der Waals surface area (Å²) in [5, 5.41) is 2.57. The number of nitrogens with one attached hydrogen (secondary N) is 1. The van der Waals surface area contributed by atoms with Crippen LogP contribution in [-0.4, -0.2) is 10.9 Å². The molecule has 3 N–H and O–H groups in total. The van der Waals surface area contributed by atoms with Gasteiger partial charge in [-0.25, -0.2) is 0 Å². The zero-order valence-electron chi connectivity index (χ0n) is 12.9. The van der Waals surface area contributed by atoms with Crippen molar-refractivity contribution in [1.82, 2.24) is 4.98 Å². The highest BCUT2D eigenvalue weighted by Gasteiger charge is 2.22. The number of nitrogens with two attached hydrogens (primary N) is 1. The lowest BCUT2D eigenvalue weighted by molar-refractivity contribution is -0.115. The second-order valence-corrected chi connectivity index (χ2v) is 6.38. The molecule has 1 aromatic heterocycles. The quantitative estimate of drug-likeness (QED) is 0.543. The van der Waals surface area contributed by atoms with Gasteiger partial charge in [0.2, 0.25) is 5.91 Å². The monoisotopic (exact) mass is 335 g/mol. The van der Waals surface area contributed by atoms with E-state index in [0.717, 1.165) is 16.1 Å². The van der Waals surface area contributed by atoms with Crippen molar-refractivity contribution in [2.75, 3.05) is 11.1 Å². The van der Waals surface area contributed by atoms with Crippen LogP contribution in [0.15, 0.2) is 84.0 Å². The van der Waals surface area contributed by atoms with Crippen molar-refractivity contribution in [3.05, 3.63) is 84.7 Å². The molecule has 120 valence electrons. The van der Waals surface area contributed by atoms with Crippen LogP contribution in [-0.2, 0) is 4.79 Å². The van der Waals surface area contributed by atoms with Gasteiger partial charge in [-0.15, -0.1) is 11.8 Å². The molecule has 0 aliphatic rings. The normalized spacial score (nSPS) is 11.7. The van der Waals surface area contributed by atoms with Gasteiger partial charge in [-0.3, -0.25) is 9.78 Å². The number of nitrogens with zero attached hydrogens (tertiary/aromatic N) is 1. The third-order valence-corrected chi connectivity index (χ3v) is 4.65. The van der Waals surface area contributed by atoms with Gasteiger partial charge in [-0.2, -0.15) is 0 Å². The van der Waals surface area contributed by atoms with Crippen LogP contribution in [0.4, 0.5) is 11.4 Å². The molecule has 3 aromatic rings. The molecule has 0 aliphatic heterocycles. The van der Waals surface area contributed by atoms with Crippen molar-refractivity contribution < 1.29 is 4.79 Å². The van der Waals surface area contributed by atoms with Gasteiger partial charge in [0.15, 0.2) is 0 Å². The van der Waals surface area contributed by atoms with E-state index < -0.39 is 0 Å². The fourth-order valence-corrected chi connectivity index (χ4v) is 3.36. The average molecular weight is 335 g/mol. The number of benzene rings is 2. The molecular formula is C19H17N3OS. The first kappa shape index (κ1) is 16.1. The number of thioether (sulfide) groups is 1. The fraction of sp³-hybridized carbons (Fsp3) is 0.0526. The Hall–Kier alpha value is -2.79. The molecule has 3 rings (SSSR count). The number of carbonyl (C=O) groups excluding carboxylic acids is 1. The number of aromatic nitrogens is 1. The summed E-state index contributed by atoms with van der Waals surface area (Å²) >= 11 is 1.48. The number of hydrogen-bond acceptors (Lipinski definition) is 4. The SMILES string of the molecule is Nc1cccc(SC(C(=O)Nc2ccncc2)c2ccccc2)c1. The first-order chi connectivity index (χ1) is 11.7. The molecule has 0 bridgehead atoms. The molecule has 0 fully saturated rings. The summed E-state index contributed by atoms with van der Waals surface area (Å²) in [7, 11) is 0. The highest BCUT2D eigenvalue weighted by molar-refractivity contribution is 8.00. The number of amides is 1. The molecule has 1 heterocycles. The van der Waals surface area contributed by atoms with Gasteiger partial charge >= 0.3 is 0 Å². The van der Waals surface area contributed by atoms with Crippen molar-refractivity contribution >= 4 is 29.0 Å². The number of rotatable bonds is 5. The van der Waals surface area contributed by atoms with E-state index in [1.54, 1.807) is 24.5 Å². The van der Waals surface area contributed by atoms with Gasteiger partial charge in [0, 0.05) is 28.7 Å². The van der Waals surface area contributed by atoms with Crippen LogP contribution < -0.4 is 11.1 Å². The molecule has 0 aliphatic carbocycles. The lowest BCUT2D eigenvalue weighted by Gasteiger charge is -2.17. The van der Waals surface area contributed by atoms with Crippen LogP contribution in [0.1, 0.15) is 10.8 Å². The van der Waals surface area contributed by atoms with Gasteiger partial charge in [0.1, 0.15) is 5.25 Å². The molecule has 0 spiro atoms. The van der Waals surface area contributed by atoms with E-state index in [-0.39, 0.29) is 11.2 Å². The minimum Gasteiger partial charge on any atom is -0.399 e. The van der Waals surface area contributed by atoms with E-state index in [0.29, 0.717) is 5.69 Å². The lowest BCUT2D eigenvalue weighted by atomic mass is 10.1. The fourth-order valence-electron chi connectivity index (χ4n) is 2.27. The van der Waals surface area contributed by atoms with E-state index in [2.05, 4.69) is 10.3 Å². The smallest absolute Gasteiger partial charge is 0.242 e. The maximum Gasteiger partial charge on any atom is 0.242 e. The minimum atomic E-state index is -0.374. The molecule has 1 amide bonds. The zero-order valence-corrected chi connectivity index (χ0v) is 13.7. The Morgan fingerprint density at radius 3 is 2.46 bits per heavy atom. The molecule has 24 heavy (non-hydrogen) atoms. The highest BCUT2D eigenvalue weighted by atomic mass is 32.2. The minimum absolute atomic E-state index is 0.0835. The predicted octanol–water partition coefficient (Wildman–Crippen LogP) is 4.14. The first-order valence-corrected chi connectivity index (χ1v) is 8.38. The molecule has 0 saturated heterocycles. The van der Waals surface area contributed by atoms with Crippen LogP contribution in [0.2, 0.25) is 0 Å². The maximum absolute atomic E-state index is 12.8. The van der Waals surface area contributed by atoms with Crippen molar-refractivity contribution in [3.8, 4) is 0 Å². The number of hydrogen-bond donors (Lipinski definition) is 2. The van der Waals surface area contributed by atoms with Crippen LogP contribution in [0.5, 0.6) is 0 Å². The average Bonchev–Trinajstić information content (AvgIpc) is 2.61. The largest absolute Gasteiger partial charge is 0.399 e. The molecule has 1 unspecified atom stereocenters. The van der Waals surface area contributed by atoms with Gasteiger partial charge in [-0.05, 0) is 35.9 Å². The van der Waals surface area contributed by atoms with E-state index in [4.69, 9.17) is 5.73 Å². The molecule has 0 saturated carbocycles. The molecular weight excluding hydrogens is 318 g/mol.